The molecule has 3 rings (SSSR count). The fraction of sp³-hybridized carbons (Fsp3) is 0.214. The fourth-order valence-corrected chi connectivity index (χ4v) is 2.34. The molecule has 0 aliphatic heterocycles. The maximum absolute atomic E-state index is 12.3. The van der Waals surface area contributed by atoms with Crippen LogP contribution in [0.5, 0.6) is 5.75 Å². The van der Waals surface area contributed by atoms with E-state index in [-0.39, 0.29) is 46.6 Å². The minimum atomic E-state index is -0.771. The quantitative estimate of drug-likeness (QED) is 0.369. The van der Waals surface area contributed by atoms with E-state index in [1.54, 1.807) is 6.92 Å². The zero-order chi connectivity index (χ0) is 19.6. The molecule has 0 bridgehead atoms. The van der Waals surface area contributed by atoms with Crippen molar-refractivity contribution in [1.82, 2.24) is 25.3 Å². The van der Waals surface area contributed by atoms with E-state index in [9.17, 15) is 14.9 Å². The molecule has 0 saturated heterocycles. The lowest BCUT2D eigenvalue weighted by Crippen LogP contribution is -2.09. The Morgan fingerprint density at radius 3 is 2.78 bits per heavy atom. The predicted octanol–water partition coefficient (Wildman–Crippen LogP) is 0.993. The van der Waals surface area contributed by atoms with Gasteiger partial charge in [-0.2, -0.15) is 4.68 Å². The van der Waals surface area contributed by atoms with Crippen LogP contribution in [0.4, 0.5) is 11.5 Å². The maximum atomic E-state index is 12.3. The zero-order valence-corrected chi connectivity index (χ0v) is 14.1. The van der Waals surface area contributed by atoms with Gasteiger partial charge in [-0.05, 0) is 29.4 Å². The first kappa shape index (κ1) is 17.8. The number of nitrogen functional groups attached to an aromatic ring is 1. The molecule has 0 unspecified atom stereocenters. The number of nitro benzene ring substituents is 1. The van der Waals surface area contributed by atoms with Gasteiger partial charge in [0.2, 0.25) is 11.6 Å². The van der Waals surface area contributed by atoms with Gasteiger partial charge < -0.3 is 15.2 Å². The first-order valence-corrected chi connectivity index (χ1v) is 7.52. The van der Waals surface area contributed by atoms with Crippen LogP contribution in [-0.4, -0.2) is 49.9 Å². The molecule has 3 aromatic rings. The number of methoxy groups -OCH3 is 1. The van der Waals surface area contributed by atoms with Gasteiger partial charge in [-0.25, -0.2) is 9.42 Å². The Hall–Kier alpha value is -4.03. The average Bonchev–Trinajstić information content (AvgIpc) is 3.27. The van der Waals surface area contributed by atoms with Crippen molar-refractivity contribution in [2.45, 2.75) is 6.92 Å². The molecule has 0 saturated carbocycles. The van der Waals surface area contributed by atoms with Gasteiger partial charge in [-0.15, -0.1) is 5.10 Å². The van der Waals surface area contributed by atoms with Crippen LogP contribution >= 0.6 is 0 Å². The van der Waals surface area contributed by atoms with Gasteiger partial charge in [0.1, 0.15) is 5.69 Å². The average molecular weight is 375 g/mol. The van der Waals surface area contributed by atoms with E-state index < -0.39 is 10.9 Å². The van der Waals surface area contributed by atoms with Crippen LogP contribution in [0.1, 0.15) is 17.4 Å². The van der Waals surface area contributed by atoms with Crippen molar-refractivity contribution in [2.75, 3.05) is 19.5 Å². The van der Waals surface area contributed by atoms with Crippen LogP contribution in [0.2, 0.25) is 0 Å². The smallest absolute Gasteiger partial charge is 0.361 e. The molecule has 2 N–H and O–H groups in total. The van der Waals surface area contributed by atoms with E-state index in [1.165, 1.54) is 25.3 Å². The summed E-state index contributed by atoms with van der Waals surface area (Å²) in [6.45, 7) is 1.72. The van der Waals surface area contributed by atoms with Crippen LogP contribution in [0.15, 0.2) is 22.8 Å². The third kappa shape index (κ3) is 3.12. The zero-order valence-electron chi connectivity index (χ0n) is 14.1. The Kier molecular flexibility index (Phi) is 4.66. The molecule has 0 radical (unpaired) electrons. The van der Waals surface area contributed by atoms with E-state index in [1.807, 2.05) is 0 Å². The summed E-state index contributed by atoms with van der Waals surface area (Å²) < 4.78 is 15.6. The first-order valence-electron chi connectivity index (χ1n) is 7.52. The minimum absolute atomic E-state index is 0.0356. The van der Waals surface area contributed by atoms with Crippen molar-refractivity contribution in [3.8, 4) is 22.8 Å². The molecule has 1 aromatic carbocycles. The summed E-state index contributed by atoms with van der Waals surface area (Å²) in [5, 5.41) is 26.0. The number of benzene rings is 1. The Morgan fingerprint density at radius 2 is 2.19 bits per heavy atom. The van der Waals surface area contributed by atoms with Gasteiger partial charge >= 0.3 is 11.7 Å². The normalized spacial score (nSPS) is 10.6. The fourth-order valence-electron chi connectivity index (χ4n) is 2.34. The maximum Gasteiger partial charge on any atom is 0.361 e. The van der Waals surface area contributed by atoms with Crippen molar-refractivity contribution in [2.24, 2.45) is 0 Å². The monoisotopic (exact) mass is 375 g/mol. The number of hydrogen-bond donors (Lipinski definition) is 1. The highest BCUT2D eigenvalue weighted by molar-refractivity contribution is 5.94. The Labute approximate surface area is 150 Å². The molecule has 0 aliphatic rings. The lowest BCUT2D eigenvalue weighted by Gasteiger charge is -2.08. The van der Waals surface area contributed by atoms with Gasteiger partial charge in [0.25, 0.3) is 0 Å². The molecule has 13 nitrogen and oxygen atoms in total. The van der Waals surface area contributed by atoms with Crippen LogP contribution < -0.4 is 10.5 Å². The molecule has 140 valence electrons. The van der Waals surface area contributed by atoms with Gasteiger partial charge in [-0.3, -0.25) is 10.1 Å². The summed E-state index contributed by atoms with van der Waals surface area (Å²) in [7, 11) is 1.31. The number of aromatic nitrogens is 5. The highest BCUT2D eigenvalue weighted by atomic mass is 16.6. The second kappa shape index (κ2) is 7.07. The molecule has 0 amide bonds. The van der Waals surface area contributed by atoms with Gasteiger partial charge in [0.05, 0.1) is 18.6 Å². The molecule has 2 heterocycles. The van der Waals surface area contributed by atoms with Crippen LogP contribution in [0.25, 0.3) is 17.1 Å². The number of ether oxygens (including phenoxy) is 2. The lowest BCUT2D eigenvalue weighted by molar-refractivity contribution is -0.385. The molecule has 2 aromatic heterocycles. The van der Waals surface area contributed by atoms with Crippen LogP contribution in [0, 0.1) is 10.1 Å². The summed E-state index contributed by atoms with van der Waals surface area (Å²) >= 11 is 0. The lowest BCUT2D eigenvalue weighted by atomic mass is 10.1. The Balaban J connectivity index is 2.25. The molecule has 0 atom stereocenters. The summed E-state index contributed by atoms with van der Waals surface area (Å²) in [5.74, 6) is -0.874. The number of rotatable bonds is 6. The van der Waals surface area contributed by atoms with Crippen molar-refractivity contribution in [3.05, 3.63) is 34.0 Å². The summed E-state index contributed by atoms with van der Waals surface area (Å²) in [5.41, 5.74) is 5.49. The van der Waals surface area contributed by atoms with Gasteiger partial charge in [0, 0.05) is 11.6 Å². The van der Waals surface area contributed by atoms with Gasteiger partial charge in [0.15, 0.2) is 11.4 Å². The van der Waals surface area contributed by atoms with E-state index in [0.29, 0.717) is 0 Å². The first-order chi connectivity index (χ1) is 13.0. The highest BCUT2D eigenvalue weighted by Gasteiger charge is 2.28. The third-order valence-corrected chi connectivity index (χ3v) is 3.48. The molecule has 0 spiro atoms. The van der Waals surface area contributed by atoms with Crippen molar-refractivity contribution in [1.29, 1.82) is 0 Å². The highest BCUT2D eigenvalue weighted by Crippen LogP contribution is 2.34. The van der Waals surface area contributed by atoms with E-state index in [0.717, 1.165) is 4.68 Å². The summed E-state index contributed by atoms with van der Waals surface area (Å²) in [6, 6.07) is 4.08. The largest absolute Gasteiger partial charge is 0.490 e. The van der Waals surface area contributed by atoms with E-state index >= 15 is 0 Å². The number of carbonyl (C=O) groups is 1. The Morgan fingerprint density at radius 1 is 1.41 bits per heavy atom. The topological polar surface area (TPSA) is 174 Å². The number of carbonyl (C=O) groups excluding carboxylic acids is 1. The molecular weight excluding hydrogens is 362 g/mol. The van der Waals surface area contributed by atoms with E-state index in [4.69, 9.17) is 15.2 Å². The summed E-state index contributed by atoms with van der Waals surface area (Å²) in [6.07, 6.45) is 0. The number of hydrogen-bond acceptors (Lipinski definition) is 11. The number of anilines is 1. The number of esters is 1. The molecule has 13 heteroatoms. The number of nitrogens with two attached hydrogens (primary N) is 1. The van der Waals surface area contributed by atoms with Crippen LogP contribution in [0.3, 0.4) is 0 Å². The molecule has 27 heavy (non-hydrogen) atoms. The minimum Gasteiger partial charge on any atom is -0.490 e. The second-order valence-corrected chi connectivity index (χ2v) is 5.04. The SMILES string of the molecule is CCOC(=O)c1nnn(-c2nonc2N)c1-c1ccc(OC)c([N+](=O)[O-])c1. The van der Waals surface area contributed by atoms with Crippen molar-refractivity contribution in [3.63, 3.8) is 0 Å². The predicted molar refractivity (Wildman–Crippen MR) is 88.2 cm³/mol. The molecule has 0 fully saturated rings. The summed E-state index contributed by atoms with van der Waals surface area (Å²) in [4.78, 5) is 23.0. The third-order valence-electron chi connectivity index (χ3n) is 3.48. The number of nitrogens with zero attached hydrogens (tertiary/aromatic N) is 6. The van der Waals surface area contributed by atoms with Crippen molar-refractivity contribution < 1.29 is 23.8 Å². The van der Waals surface area contributed by atoms with Crippen LogP contribution in [-0.2, 0) is 4.74 Å². The standard InChI is InChI=1S/C14H13N7O6/c1-3-26-14(22)10-11(20(19-16-10)13-12(15)17-27-18-13)7-4-5-9(25-2)8(6-7)21(23)24/h4-6H,3H2,1-2H3,(H2,15,17). The van der Waals surface area contributed by atoms with E-state index in [2.05, 4.69) is 25.3 Å². The second-order valence-electron chi connectivity index (χ2n) is 5.04. The molecule has 0 aliphatic carbocycles. The molecular formula is C14H13N7O6. The van der Waals surface area contributed by atoms with Gasteiger partial charge in [-0.1, -0.05) is 5.21 Å². The Bertz CT molecular complexity index is 1010. The van der Waals surface area contributed by atoms with Crippen molar-refractivity contribution >= 4 is 17.5 Å². The number of nitro groups is 1.